The van der Waals surface area contributed by atoms with Gasteiger partial charge < -0.3 is 16.4 Å². The van der Waals surface area contributed by atoms with Crippen molar-refractivity contribution in [2.45, 2.75) is 17.9 Å². The second-order valence-corrected chi connectivity index (χ2v) is 7.70. The van der Waals surface area contributed by atoms with Crippen LogP contribution in [-0.4, -0.2) is 32.7 Å². The zero-order chi connectivity index (χ0) is 20.1. The van der Waals surface area contributed by atoms with Crippen molar-refractivity contribution < 1.29 is 18.0 Å². The van der Waals surface area contributed by atoms with Crippen LogP contribution in [0.3, 0.4) is 0 Å². The number of amides is 3. The lowest BCUT2D eigenvalue weighted by Gasteiger charge is -2.06. The van der Waals surface area contributed by atoms with Crippen LogP contribution in [0.25, 0.3) is 0 Å². The molecule has 0 saturated heterocycles. The highest BCUT2D eigenvalue weighted by Crippen LogP contribution is 2.22. The number of urea groups is 1. The molecule has 0 atom stereocenters. The molecule has 0 radical (unpaired) electrons. The fraction of sp³-hybridized carbons (Fsp3) is 0.167. The number of carbonyl (C=O) groups is 2. The van der Waals surface area contributed by atoms with Gasteiger partial charge in [-0.25, -0.2) is 13.2 Å². The molecule has 1 aliphatic rings. The van der Waals surface area contributed by atoms with Gasteiger partial charge in [-0.2, -0.15) is 0 Å². The Morgan fingerprint density at radius 1 is 1.07 bits per heavy atom. The summed E-state index contributed by atoms with van der Waals surface area (Å²) in [5.74, 6) is 0.0405. The number of rotatable bonds is 6. The minimum atomic E-state index is -3.58. The number of hydrogen-bond acceptors (Lipinski definition) is 5. The van der Waals surface area contributed by atoms with Gasteiger partial charge in [0.05, 0.1) is 11.4 Å². The number of aliphatic imine (C=N–C) groups is 1. The van der Waals surface area contributed by atoms with Crippen LogP contribution in [0.5, 0.6) is 0 Å². The van der Waals surface area contributed by atoms with Gasteiger partial charge in [-0.05, 0) is 29.8 Å². The Bertz CT molecular complexity index is 1030. The maximum Gasteiger partial charge on any atom is 0.316 e. The summed E-state index contributed by atoms with van der Waals surface area (Å²) in [5.41, 5.74) is 6.97. The van der Waals surface area contributed by atoms with Crippen LogP contribution < -0.4 is 21.1 Å². The summed E-state index contributed by atoms with van der Waals surface area (Å²) < 4.78 is 26.4. The third kappa shape index (κ3) is 4.65. The monoisotopic (exact) mass is 401 g/mol. The average Bonchev–Trinajstić information content (AvgIpc) is 2.92. The molecule has 0 aliphatic carbocycles. The van der Waals surface area contributed by atoms with E-state index in [9.17, 15) is 18.0 Å². The lowest BCUT2D eigenvalue weighted by molar-refractivity contribution is -0.121. The molecule has 0 unspecified atom stereocenters. The van der Waals surface area contributed by atoms with Crippen LogP contribution in [0.2, 0.25) is 0 Å². The second kappa shape index (κ2) is 8.09. The fourth-order valence-corrected chi connectivity index (χ4v) is 3.91. The van der Waals surface area contributed by atoms with Crippen LogP contribution in [0, 0.1) is 0 Å². The lowest BCUT2D eigenvalue weighted by Crippen LogP contribution is -2.25. The minimum Gasteiger partial charge on any atom is -0.352 e. The number of fused-ring (bicyclic) bond motifs is 1. The first-order chi connectivity index (χ1) is 13.3. The van der Waals surface area contributed by atoms with E-state index in [-0.39, 0.29) is 29.6 Å². The summed E-state index contributed by atoms with van der Waals surface area (Å²) in [5, 5.41) is 5.21. The smallest absolute Gasteiger partial charge is 0.316 e. The topological polar surface area (TPSA) is 143 Å². The fourth-order valence-electron chi connectivity index (χ4n) is 2.66. The van der Waals surface area contributed by atoms with Gasteiger partial charge in [0, 0.05) is 24.2 Å². The van der Waals surface area contributed by atoms with E-state index >= 15 is 0 Å². The molecule has 3 rings (SSSR count). The van der Waals surface area contributed by atoms with Crippen molar-refractivity contribution in [1.29, 1.82) is 0 Å². The molecule has 146 valence electrons. The number of benzene rings is 2. The number of amidine groups is 1. The summed E-state index contributed by atoms with van der Waals surface area (Å²) in [6.45, 7) is 0.473. The van der Waals surface area contributed by atoms with Crippen molar-refractivity contribution in [1.82, 2.24) is 10.0 Å². The molecule has 1 aliphatic heterocycles. The quantitative estimate of drug-likeness (QED) is 0.571. The summed E-state index contributed by atoms with van der Waals surface area (Å²) in [6, 6.07) is 12.8. The normalized spacial score (nSPS) is 15.5. The van der Waals surface area contributed by atoms with E-state index < -0.39 is 16.1 Å². The van der Waals surface area contributed by atoms with Crippen molar-refractivity contribution >= 4 is 33.5 Å². The molecule has 0 spiro atoms. The SMILES string of the molecule is NC(=O)Nc1ccc(CNC(=O)CCN=C2NS(=O)(=O)c3ccccc32)cc1. The Labute approximate surface area is 162 Å². The predicted octanol–water partition coefficient (Wildman–Crippen LogP) is 0.922. The molecule has 9 nitrogen and oxygen atoms in total. The van der Waals surface area contributed by atoms with Gasteiger partial charge in [-0.15, -0.1) is 0 Å². The molecule has 5 N–H and O–H groups in total. The van der Waals surface area contributed by atoms with Crippen LogP contribution in [-0.2, 0) is 21.4 Å². The van der Waals surface area contributed by atoms with Crippen LogP contribution in [0.4, 0.5) is 10.5 Å². The number of nitrogens with two attached hydrogens (primary N) is 1. The Hall–Kier alpha value is -3.40. The van der Waals surface area contributed by atoms with Gasteiger partial charge in [0.25, 0.3) is 10.0 Å². The summed E-state index contributed by atoms with van der Waals surface area (Å²) in [7, 11) is -3.58. The zero-order valence-corrected chi connectivity index (χ0v) is 15.6. The number of sulfonamides is 1. The standard InChI is InChI=1S/C18H19N5O4S/c19-18(25)22-13-7-5-12(6-8-13)11-21-16(24)9-10-20-17-14-3-1-2-4-15(14)28(26,27)23-17/h1-8H,9-11H2,(H,20,23)(H,21,24)(H3,19,22,25). The average molecular weight is 401 g/mol. The molecule has 0 fully saturated rings. The van der Waals surface area contributed by atoms with E-state index in [2.05, 4.69) is 20.3 Å². The van der Waals surface area contributed by atoms with Crippen molar-refractivity contribution in [2.75, 3.05) is 11.9 Å². The largest absolute Gasteiger partial charge is 0.352 e. The van der Waals surface area contributed by atoms with E-state index in [1.165, 1.54) is 6.07 Å². The molecule has 3 amide bonds. The summed E-state index contributed by atoms with van der Waals surface area (Å²) >= 11 is 0. The first kappa shape index (κ1) is 19.4. The summed E-state index contributed by atoms with van der Waals surface area (Å²) in [6.07, 6.45) is 0.120. The van der Waals surface area contributed by atoms with Crippen molar-refractivity contribution in [3.63, 3.8) is 0 Å². The third-order valence-electron chi connectivity index (χ3n) is 3.98. The molecular weight excluding hydrogens is 382 g/mol. The Balaban J connectivity index is 1.50. The van der Waals surface area contributed by atoms with E-state index in [1.54, 1.807) is 42.5 Å². The first-order valence-corrected chi connectivity index (χ1v) is 9.92. The van der Waals surface area contributed by atoms with Crippen molar-refractivity contribution in [3.05, 3.63) is 59.7 Å². The van der Waals surface area contributed by atoms with Crippen LogP contribution >= 0.6 is 0 Å². The Morgan fingerprint density at radius 3 is 2.50 bits per heavy atom. The van der Waals surface area contributed by atoms with Gasteiger partial charge >= 0.3 is 6.03 Å². The number of nitrogens with one attached hydrogen (secondary N) is 3. The molecule has 28 heavy (non-hydrogen) atoms. The maximum absolute atomic E-state index is 12.0. The number of nitrogens with zero attached hydrogens (tertiary/aromatic N) is 1. The molecule has 2 aromatic rings. The highest BCUT2D eigenvalue weighted by Gasteiger charge is 2.29. The minimum absolute atomic E-state index is 0.120. The number of carbonyl (C=O) groups excluding carboxylic acids is 2. The van der Waals surface area contributed by atoms with Gasteiger partial charge in [-0.3, -0.25) is 14.5 Å². The number of anilines is 1. The van der Waals surface area contributed by atoms with E-state index in [0.717, 1.165) is 5.56 Å². The highest BCUT2D eigenvalue weighted by molar-refractivity contribution is 7.90. The first-order valence-electron chi connectivity index (χ1n) is 8.44. The number of primary amides is 1. The third-order valence-corrected chi connectivity index (χ3v) is 5.38. The lowest BCUT2D eigenvalue weighted by atomic mass is 10.2. The van der Waals surface area contributed by atoms with E-state index in [1.807, 2.05) is 0 Å². The van der Waals surface area contributed by atoms with Gasteiger partial charge in [0.1, 0.15) is 5.84 Å². The van der Waals surface area contributed by atoms with Crippen molar-refractivity contribution in [2.24, 2.45) is 10.7 Å². The van der Waals surface area contributed by atoms with Crippen LogP contribution in [0.15, 0.2) is 58.4 Å². The molecule has 1 heterocycles. The van der Waals surface area contributed by atoms with Crippen molar-refractivity contribution in [3.8, 4) is 0 Å². The Morgan fingerprint density at radius 2 is 1.79 bits per heavy atom. The van der Waals surface area contributed by atoms with Gasteiger partial charge in [0.15, 0.2) is 0 Å². The van der Waals surface area contributed by atoms with E-state index in [0.29, 0.717) is 17.8 Å². The summed E-state index contributed by atoms with van der Waals surface area (Å²) in [4.78, 5) is 27.2. The Kier molecular flexibility index (Phi) is 5.59. The van der Waals surface area contributed by atoms with Gasteiger partial charge in [0.2, 0.25) is 5.91 Å². The molecule has 0 bridgehead atoms. The molecule has 0 aromatic heterocycles. The zero-order valence-electron chi connectivity index (χ0n) is 14.8. The van der Waals surface area contributed by atoms with Gasteiger partial charge in [-0.1, -0.05) is 24.3 Å². The predicted molar refractivity (Wildman–Crippen MR) is 104 cm³/mol. The molecule has 10 heteroatoms. The van der Waals surface area contributed by atoms with E-state index in [4.69, 9.17) is 5.73 Å². The highest BCUT2D eigenvalue weighted by atomic mass is 32.2. The molecular formula is C18H19N5O4S. The van der Waals surface area contributed by atoms with Crippen LogP contribution in [0.1, 0.15) is 17.5 Å². The second-order valence-electron chi connectivity index (χ2n) is 6.04. The molecule has 2 aromatic carbocycles. The maximum atomic E-state index is 12.0. The molecule has 0 saturated carbocycles. The number of hydrogen-bond donors (Lipinski definition) is 4.